The average molecular weight is 272 g/mol. The molecule has 0 aliphatic rings. The minimum absolute atomic E-state index is 0.175. The van der Waals surface area contributed by atoms with Crippen molar-refractivity contribution in [3.63, 3.8) is 0 Å². The largest absolute Gasteiger partial charge is 0.330 e. The van der Waals surface area contributed by atoms with Gasteiger partial charge in [0.25, 0.3) is 0 Å². The van der Waals surface area contributed by atoms with Crippen LogP contribution in [0.5, 0.6) is 0 Å². The zero-order valence-corrected chi connectivity index (χ0v) is 12.6. The van der Waals surface area contributed by atoms with E-state index in [0.29, 0.717) is 0 Å². The molecule has 0 saturated carbocycles. The first-order valence-electron chi connectivity index (χ1n) is 7.23. The molecule has 0 aliphatic heterocycles. The van der Waals surface area contributed by atoms with Crippen LogP contribution >= 0.6 is 0 Å². The van der Waals surface area contributed by atoms with Gasteiger partial charge in [0.1, 0.15) is 0 Å². The molecule has 0 spiro atoms. The summed E-state index contributed by atoms with van der Waals surface area (Å²) < 4.78 is 1.84. The number of hydrogen-bond donors (Lipinski definition) is 1. The van der Waals surface area contributed by atoms with Crippen LogP contribution in [0.2, 0.25) is 0 Å². The fraction of sp³-hybridized carbons (Fsp3) is 0.500. The summed E-state index contributed by atoms with van der Waals surface area (Å²) in [6, 6.07) is 8.51. The standard InChI is InChI=1S/C16H24N4/c1-16(2,3)13-7-9-15(10-8-13)20-12-14(18-19-20)6-4-5-11-17/h7-10,12H,4-6,11,17H2,1-3H3. The highest BCUT2D eigenvalue weighted by atomic mass is 15.4. The smallest absolute Gasteiger partial charge is 0.0831 e. The van der Waals surface area contributed by atoms with Crippen molar-refractivity contribution in [3.8, 4) is 5.69 Å². The van der Waals surface area contributed by atoms with Gasteiger partial charge in [0.2, 0.25) is 0 Å². The second kappa shape index (κ2) is 6.18. The van der Waals surface area contributed by atoms with Gasteiger partial charge in [-0.2, -0.15) is 0 Å². The van der Waals surface area contributed by atoms with Gasteiger partial charge in [-0.25, -0.2) is 4.68 Å². The van der Waals surface area contributed by atoms with E-state index in [-0.39, 0.29) is 5.41 Å². The van der Waals surface area contributed by atoms with Crippen molar-refractivity contribution in [2.45, 2.75) is 45.4 Å². The second-order valence-corrected chi connectivity index (χ2v) is 6.20. The monoisotopic (exact) mass is 272 g/mol. The summed E-state index contributed by atoms with van der Waals surface area (Å²) in [6.07, 6.45) is 5.05. The first-order valence-corrected chi connectivity index (χ1v) is 7.23. The molecule has 0 saturated heterocycles. The number of aryl methyl sites for hydroxylation is 1. The molecule has 108 valence electrons. The normalized spacial score (nSPS) is 11.8. The summed E-state index contributed by atoms with van der Waals surface area (Å²) in [5, 5.41) is 8.40. The zero-order valence-electron chi connectivity index (χ0n) is 12.6. The van der Waals surface area contributed by atoms with Gasteiger partial charge in [-0.3, -0.25) is 0 Å². The quantitative estimate of drug-likeness (QED) is 0.851. The van der Waals surface area contributed by atoms with E-state index in [9.17, 15) is 0 Å². The Balaban J connectivity index is 2.08. The molecule has 4 heteroatoms. The van der Waals surface area contributed by atoms with Gasteiger partial charge in [0.15, 0.2) is 0 Å². The molecule has 0 atom stereocenters. The van der Waals surface area contributed by atoms with Crippen LogP contribution in [0.4, 0.5) is 0 Å². The highest BCUT2D eigenvalue weighted by Crippen LogP contribution is 2.23. The first-order chi connectivity index (χ1) is 9.50. The third kappa shape index (κ3) is 3.67. The number of benzene rings is 1. The Morgan fingerprint density at radius 3 is 2.40 bits per heavy atom. The van der Waals surface area contributed by atoms with E-state index in [1.54, 1.807) is 0 Å². The summed E-state index contributed by atoms with van der Waals surface area (Å²) in [6.45, 7) is 7.38. The molecular formula is C16H24N4. The van der Waals surface area contributed by atoms with Crippen molar-refractivity contribution in [1.29, 1.82) is 0 Å². The van der Waals surface area contributed by atoms with E-state index in [1.165, 1.54) is 5.56 Å². The molecule has 0 amide bonds. The Hall–Kier alpha value is -1.68. The molecule has 1 aromatic heterocycles. The number of unbranched alkanes of at least 4 members (excludes halogenated alkanes) is 1. The molecule has 0 aliphatic carbocycles. The second-order valence-electron chi connectivity index (χ2n) is 6.20. The third-order valence-corrected chi connectivity index (χ3v) is 3.43. The molecule has 1 heterocycles. The van der Waals surface area contributed by atoms with E-state index in [1.807, 2.05) is 10.9 Å². The van der Waals surface area contributed by atoms with Crippen molar-refractivity contribution in [2.24, 2.45) is 5.73 Å². The van der Waals surface area contributed by atoms with Crippen LogP contribution in [-0.4, -0.2) is 21.5 Å². The number of aromatic nitrogens is 3. The maximum atomic E-state index is 5.50. The van der Waals surface area contributed by atoms with Crippen LogP contribution in [0, 0.1) is 0 Å². The molecule has 1 aromatic carbocycles. The topological polar surface area (TPSA) is 56.7 Å². The first kappa shape index (κ1) is 14.7. The minimum Gasteiger partial charge on any atom is -0.330 e. The molecule has 0 radical (unpaired) electrons. The van der Waals surface area contributed by atoms with Crippen LogP contribution in [0.3, 0.4) is 0 Å². The van der Waals surface area contributed by atoms with Crippen molar-refractivity contribution < 1.29 is 0 Å². The maximum Gasteiger partial charge on any atom is 0.0831 e. The fourth-order valence-electron chi connectivity index (χ4n) is 2.10. The molecule has 2 aromatic rings. The van der Waals surface area contributed by atoms with Gasteiger partial charge >= 0.3 is 0 Å². The fourth-order valence-corrected chi connectivity index (χ4v) is 2.10. The Bertz CT molecular complexity index is 534. The van der Waals surface area contributed by atoms with Crippen molar-refractivity contribution in [3.05, 3.63) is 41.7 Å². The van der Waals surface area contributed by atoms with E-state index in [4.69, 9.17) is 5.73 Å². The van der Waals surface area contributed by atoms with Gasteiger partial charge < -0.3 is 5.73 Å². The van der Waals surface area contributed by atoms with Crippen LogP contribution in [-0.2, 0) is 11.8 Å². The number of nitrogens with two attached hydrogens (primary N) is 1. The SMILES string of the molecule is CC(C)(C)c1ccc(-n2cc(CCCCN)nn2)cc1. The number of nitrogens with zero attached hydrogens (tertiary/aromatic N) is 3. The summed E-state index contributed by atoms with van der Waals surface area (Å²) in [5.74, 6) is 0. The highest BCUT2D eigenvalue weighted by molar-refractivity contribution is 5.36. The Morgan fingerprint density at radius 1 is 1.10 bits per heavy atom. The summed E-state index contributed by atoms with van der Waals surface area (Å²) in [7, 11) is 0. The van der Waals surface area contributed by atoms with E-state index in [2.05, 4.69) is 55.3 Å². The minimum atomic E-state index is 0.175. The van der Waals surface area contributed by atoms with Crippen LogP contribution in [0.1, 0.15) is 44.9 Å². The molecular weight excluding hydrogens is 248 g/mol. The van der Waals surface area contributed by atoms with Crippen LogP contribution in [0.15, 0.2) is 30.5 Å². The lowest BCUT2D eigenvalue weighted by atomic mass is 9.87. The predicted octanol–water partition coefficient (Wildman–Crippen LogP) is 2.85. The Morgan fingerprint density at radius 2 is 1.80 bits per heavy atom. The lowest BCUT2D eigenvalue weighted by Gasteiger charge is -2.18. The van der Waals surface area contributed by atoms with Crippen LogP contribution in [0.25, 0.3) is 5.69 Å². The lowest BCUT2D eigenvalue weighted by molar-refractivity contribution is 0.590. The van der Waals surface area contributed by atoms with Gasteiger partial charge in [0.05, 0.1) is 17.6 Å². The van der Waals surface area contributed by atoms with Gasteiger partial charge in [-0.15, -0.1) is 5.10 Å². The van der Waals surface area contributed by atoms with Crippen LogP contribution < -0.4 is 5.73 Å². The maximum absolute atomic E-state index is 5.50. The summed E-state index contributed by atoms with van der Waals surface area (Å²) in [4.78, 5) is 0. The van der Waals surface area contributed by atoms with E-state index in [0.717, 1.165) is 37.2 Å². The molecule has 2 rings (SSSR count). The molecule has 0 unspecified atom stereocenters. The summed E-state index contributed by atoms with van der Waals surface area (Å²) in [5.41, 5.74) is 9.07. The number of rotatable bonds is 5. The van der Waals surface area contributed by atoms with Gasteiger partial charge in [-0.1, -0.05) is 38.1 Å². The van der Waals surface area contributed by atoms with Crippen molar-refractivity contribution in [1.82, 2.24) is 15.0 Å². The Kier molecular flexibility index (Phi) is 4.55. The average Bonchev–Trinajstić information content (AvgIpc) is 2.87. The van der Waals surface area contributed by atoms with Crippen molar-refractivity contribution >= 4 is 0 Å². The predicted molar refractivity (Wildman–Crippen MR) is 82.1 cm³/mol. The molecule has 4 nitrogen and oxygen atoms in total. The third-order valence-electron chi connectivity index (χ3n) is 3.43. The summed E-state index contributed by atoms with van der Waals surface area (Å²) >= 11 is 0. The molecule has 0 bridgehead atoms. The van der Waals surface area contributed by atoms with E-state index >= 15 is 0 Å². The Labute approximate surface area is 121 Å². The van der Waals surface area contributed by atoms with E-state index < -0.39 is 0 Å². The number of hydrogen-bond acceptors (Lipinski definition) is 3. The lowest BCUT2D eigenvalue weighted by Crippen LogP contribution is -2.10. The van der Waals surface area contributed by atoms with Crippen molar-refractivity contribution in [2.75, 3.05) is 6.54 Å². The molecule has 2 N–H and O–H groups in total. The zero-order chi connectivity index (χ0) is 14.6. The highest BCUT2D eigenvalue weighted by Gasteiger charge is 2.13. The van der Waals surface area contributed by atoms with Gasteiger partial charge in [0, 0.05) is 0 Å². The molecule has 20 heavy (non-hydrogen) atoms. The van der Waals surface area contributed by atoms with Gasteiger partial charge in [-0.05, 0) is 48.9 Å². The molecule has 0 fully saturated rings.